The Morgan fingerprint density at radius 1 is 1.08 bits per heavy atom. The van der Waals surface area contributed by atoms with Crippen molar-refractivity contribution in [3.63, 3.8) is 0 Å². The van der Waals surface area contributed by atoms with Gasteiger partial charge in [-0.05, 0) is 50.9 Å². The Bertz CT molecular complexity index is 486. The lowest BCUT2D eigenvalue weighted by Gasteiger charge is -2.26. The molecule has 0 saturated carbocycles. The van der Waals surface area contributed by atoms with Crippen molar-refractivity contribution < 1.29 is 4.79 Å². The van der Waals surface area contributed by atoms with Crippen LogP contribution in [0, 0.1) is 5.41 Å². The first-order valence-corrected chi connectivity index (χ1v) is 8.30. The molecule has 6 heteroatoms. The van der Waals surface area contributed by atoms with Crippen LogP contribution in [0.3, 0.4) is 0 Å². The largest absolute Gasteiger partial charge is 0.352 e. The number of nitrogens with zero attached hydrogens (tertiary/aromatic N) is 1. The Morgan fingerprint density at radius 2 is 1.62 bits per heavy atom. The van der Waals surface area contributed by atoms with Crippen LogP contribution in [0.15, 0.2) is 24.3 Å². The number of rotatable bonds is 6. The molecule has 1 fully saturated rings. The zero-order valence-electron chi connectivity index (χ0n) is 14.7. The van der Waals surface area contributed by atoms with Crippen LogP contribution in [-0.2, 0) is 17.9 Å². The third-order valence-electron chi connectivity index (χ3n) is 4.46. The topological polar surface area (TPSA) is 58.4 Å². The van der Waals surface area contributed by atoms with Gasteiger partial charge in [-0.2, -0.15) is 0 Å². The van der Waals surface area contributed by atoms with Crippen LogP contribution in [0.5, 0.6) is 0 Å². The average Bonchev–Trinajstić information content (AvgIpc) is 2.55. The smallest absolute Gasteiger partial charge is 0.227 e. The molecule has 1 aromatic carbocycles. The molecule has 0 radical (unpaired) electrons. The van der Waals surface area contributed by atoms with Crippen LogP contribution in [0.25, 0.3) is 0 Å². The number of hydrogen-bond acceptors (Lipinski definition) is 3. The number of nitrogens with two attached hydrogens (primary N) is 1. The third kappa shape index (κ3) is 6.98. The minimum Gasteiger partial charge on any atom is -0.352 e. The van der Waals surface area contributed by atoms with E-state index >= 15 is 0 Å². The van der Waals surface area contributed by atoms with Gasteiger partial charge in [0.15, 0.2) is 0 Å². The van der Waals surface area contributed by atoms with Gasteiger partial charge in [0.25, 0.3) is 0 Å². The predicted octanol–water partition coefficient (Wildman–Crippen LogP) is 3.12. The van der Waals surface area contributed by atoms with Crippen LogP contribution in [-0.4, -0.2) is 30.4 Å². The first-order valence-electron chi connectivity index (χ1n) is 8.30. The zero-order chi connectivity index (χ0) is 16.0. The van der Waals surface area contributed by atoms with Gasteiger partial charge in [0, 0.05) is 19.6 Å². The van der Waals surface area contributed by atoms with Crippen molar-refractivity contribution in [3.8, 4) is 0 Å². The number of halogens is 2. The summed E-state index contributed by atoms with van der Waals surface area (Å²) in [5, 5.41) is 2.96. The van der Waals surface area contributed by atoms with Crippen LogP contribution in [0.1, 0.15) is 44.2 Å². The molecule has 0 bridgehead atoms. The fourth-order valence-electron chi connectivity index (χ4n) is 2.65. The Kier molecular flexibility index (Phi) is 10.6. The summed E-state index contributed by atoms with van der Waals surface area (Å²) < 4.78 is 0. The monoisotopic (exact) mass is 375 g/mol. The molecule has 1 aromatic rings. The standard InChI is InChI=1S/C18H29N3O.2ClH/c1-18(2,14-19)17(22)20-12-15-6-8-16(9-7-15)13-21-10-4-3-5-11-21;;/h6-9H,3-5,10-14,19H2,1-2H3,(H,20,22);2*1H. The van der Waals surface area contributed by atoms with Gasteiger partial charge in [-0.3, -0.25) is 9.69 Å². The number of likely N-dealkylation sites (tertiary alicyclic amines) is 1. The van der Waals surface area contributed by atoms with E-state index in [9.17, 15) is 4.79 Å². The SMILES string of the molecule is CC(C)(CN)C(=O)NCc1ccc(CN2CCCCC2)cc1.Cl.Cl. The van der Waals surface area contributed by atoms with Gasteiger partial charge in [0.1, 0.15) is 0 Å². The highest BCUT2D eigenvalue weighted by Gasteiger charge is 2.25. The van der Waals surface area contributed by atoms with E-state index in [0.717, 1.165) is 12.1 Å². The quantitative estimate of drug-likeness (QED) is 0.802. The maximum atomic E-state index is 12.0. The number of nitrogens with one attached hydrogen (secondary N) is 1. The van der Waals surface area contributed by atoms with Crippen molar-refractivity contribution in [3.05, 3.63) is 35.4 Å². The molecule has 1 amide bonds. The number of hydrogen-bond donors (Lipinski definition) is 2. The maximum absolute atomic E-state index is 12.0. The molecule has 1 aliphatic heterocycles. The van der Waals surface area contributed by atoms with E-state index in [4.69, 9.17) is 5.73 Å². The van der Waals surface area contributed by atoms with E-state index in [1.165, 1.54) is 37.9 Å². The molecule has 138 valence electrons. The lowest BCUT2D eigenvalue weighted by atomic mass is 9.92. The highest BCUT2D eigenvalue weighted by atomic mass is 35.5. The number of carbonyl (C=O) groups excluding carboxylic acids is 1. The fourth-order valence-corrected chi connectivity index (χ4v) is 2.65. The van der Waals surface area contributed by atoms with Gasteiger partial charge < -0.3 is 11.1 Å². The summed E-state index contributed by atoms with van der Waals surface area (Å²) in [7, 11) is 0. The van der Waals surface area contributed by atoms with Gasteiger partial charge in [0.05, 0.1) is 5.41 Å². The molecule has 3 N–H and O–H groups in total. The lowest BCUT2D eigenvalue weighted by Crippen LogP contribution is -2.41. The van der Waals surface area contributed by atoms with Crippen molar-refractivity contribution in [2.45, 2.75) is 46.2 Å². The van der Waals surface area contributed by atoms with E-state index < -0.39 is 5.41 Å². The summed E-state index contributed by atoms with van der Waals surface area (Å²) in [5.41, 5.74) is 7.59. The first kappa shape index (κ1) is 23.2. The molecule has 1 aliphatic rings. The second-order valence-electron chi connectivity index (χ2n) is 6.92. The second-order valence-corrected chi connectivity index (χ2v) is 6.92. The van der Waals surface area contributed by atoms with Crippen molar-refractivity contribution in [1.29, 1.82) is 0 Å². The summed E-state index contributed by atoms with van der Waals surface area (Å²) >= 11 is 0. The van der Waals surface area contributed by atoms with Crippen LogP contribution in [0.4, 0.5) is 0 Å². The molecule has 4 nitrogen and oxygen atoms in total. The Hall–Kier alpha value is -0.810. The summed E-state index contributed by atoms with van der Waals surface area (Å²) in [6.45, 7) is 8.11. The van der Waals surface area contributed by atoms with Crippen LogP contribution in [0.2, 0.25) is 0 Å². The highest BCUT2D eigenvalue weighted by Crippen LogP contribution is 2.15. The summed E-state index contributed by atoms with van der Waals surface area (Å²) in [6.07, 6.45) is 4.01. The number of amides is 1. The number of benzene rings is 1. The van der Waals surface area contributed by atoms with Gasteiger partial charge in [-0.25, -0.2) is 0 Å². The summed E-state index contributed by atoms with van der Waals surface area (Å²) in [6, 6.07) is 8.55. The highest BCUT2D eigenvalue weighted by molar-refractivity contribution is 5.85. The Balaban J connectivity index is 0.00000264. The van der Waals surface area contributed by atoms with Gasteiger partial charge >= 0.3 is 0 Å². The molecular formula is C18H31Cl2N3O. The van der Waals surface area contributed by atoms with Gasteiger partial charge in [-0.15, -0.1) is 24.8 Å². The Labute approximate surface area is 158 Å². The third-order valence-corrected chi connectivity index (χ3v) is 4.46. The van der Waals surface area contributed by atoms with E-state index in [1.54, 1.807) is 0 Å². The lowest BCUT2D eigenvalue weighted by molar-refractivity contribution is -0.129. The zero-order valence-corrected chi connectivity index (χ0v) is 16.3. The minimum atomic E-state index is -0.506. The Morgan fingerprint density at radius 3 is 2.17 bits per heavy atom. The van der Waals surface area contributed by atoms with Crippen LogP contribution >= 0.6 is 24.8 Å². The molecule has 1 saturated heterocycles. The normalized spacial score (nSPS) is 15.1. The van der Waals surface area contributed by atoms with Crippen LogP contribution < -0.4 is 11.1 Å². The van der Waals surface area contributed by atoms with E-state index in [-0.39, 0.29) is 30.7 Å². The van der Waals surface area contributed by atoms with E-state index in [1.807, 2.05) is 13.8 Å². The molecule has 0 aromatic heterocycles. The van der Waals surface area contributed by atoms with Gasteiger partial charge in [-0.1, -0.05) is 30.7 Å². The number of carbonyl (C=O) groups is 1. The average molecular weight is 376 g/mol. The summed E-state index contributed by atoms with van der Waals surface area (Å²) in [5.74, 6) is 0.00685. The summed E-state index contributed by atoms with van der Waals surface area (Å²) in [4.78, 5) is 14.5. The van der Waals surface area contributed by atoms with E-state index in [0.29, 0.717) is 13.1 Å². The molecule has 24 heavy (non-hydrogen) atoms. The first-order chi connectivity index (χ1) is 10.5. The predicted molar refractivity (Wildman–Crippen MR) is 105 cm³/mol. The van der Waals surface area contributed by atoms with Crippen molar-refractivity contribution in [2.75, 3.05) is 19.6 Å². The fraction of sp³-hybridized carbons (Fsp3) is 0.611. The molecule has 0 unspecified atom stereocenters. The van der Waals surface area contributed by atoms with E-state index in [2.05, 4.69) is 34.5 Å². The minimum absolute atomic E-state index is 0. The van der Waals surface area contributed by atoms with Crippen molar-refractivity contribution in [1.82, 2.24) is 10.2 Å². The molecule has 1 heterocycles. The number of piperidine rings is 1. The molecule has 2 rings (SSSR count). The second kappa shape index (κ2) is 10.9. The molecule has 0 spiro atoms. The molecule has 0 aliphatic carbocycles. The van der Waals surface area contributed by atoms with Gasteiger partial charge in [0.2, 0.25) is 5.91 Å². The van der Waals surface area contributed by atoms with Crippen molar-refractivity contribution in [2.24, 2.45) is 11.1 Å². The maximum Gasteiger partial charge on any atom is 0.227 e. The van der Waals surface area contributed by atoms with Crippen molar-refractivity contribution >= 4 is 30.7 Å². The molecule has 0 atom stereocenters. The molecular weight excluding hydrogens is 345 g/mol.